The van der Waals surface area contributed by atoms with Crippen molar-refractivity contribution >= 4 is 43.8 Å². The summed E-state index contributed by atoms with van der Waals surface area (Å²) in [4.78, 5) is 31.9. The average molecular weight is 446 g/mol. The van der Waals surface area contributed by atoms with Gasteiger partial charge in [0.2, 0.25) is 5.56 Å². The molecule has 0 bridgehead atoms. The predicted molar refractivity (Wildman–Crippen MR) is 133 cm³/mol. The van der Waals surface area contributed by atoms with Gasteiger partial charge < -0.3 is 9.88 Å². The SMILES string of the molecule is O=C(CCCCN1CCN(c2cccc3sccc23)CC1)c1ccc2ccc(=O)[nH]c2c1. The number of ketones is 1. The van der Waals surface area contributed by atoms with Crippen LogP contribution in [0, 0.1) is 0 Å². The molecule has 0 amide bonds. The number of aromatic amines is 1. The van der Waals surface area contributed by atoms with E-state index in [1.165, 1.54) is 21.8 Å². The standard InChI is InChI=1S/C26H27N3O2S/c30-24(20-8-7-19-9-10-26(31)27-22(19)18-20)5-1-2-12-28-13-15-29(16-14-28)23-4-3-6-25-21(23)11-17-32-25/h3-4,6-11,17-18H,1-2,5,12-16H2,(H,27,31). The van der Waals surface area contributed by atoms with E-state index in [1.807, 2.05) is 12.1 Å². The zero-order valence-corrected chi connectivity index (χ0v) is 18.9. The van der Waals surface area contributed by atoms with Gasteiger partial charge in [0.05, 0.1) is 0 Å². The van der Waals surface area contributed by atoms with Crippen molar-refractivity contribution in [3.8, 4) is 0 Å². The van der Waals surface area contributed by atoms with Crippen LogP contribution in [-0.4, -0.2) is 48.4 Å². The minimum Gasteiger partial charge on any atom is -0.368 e. The monoisotopic (exact) mass is 445 g/mol. The second-order valence-electron chi connectivity index (χ2n) is 8.44. The maximum absolute atomic E-state index is 12.6. The highest BCUT2D eigenvalue weighted by Crippen LogP contribution is 2.31. The Balaban J connectivity index is 1.09. The van der Waals surface area contributed by atoms with Gasteiger partial charge in [0, 0.05) is 65.5 Å². The molecule has 0 unspecified atom stereocenters. The first-order valence-corrected chi connectivity index (χ1v) is 12.2. The van der Waals surface area contributed by atoms with Gasteiger partial charge in [-0.05, 0) is 60.5 Å². The number of unbranched alkanes of at least 4 members (excludes halogenated alkanes) is 1. The maximum Gasteiger partial charge on any atom is 0.248 e. The lowest BCUT2D eigenvalue weighted by atomic mass is 10.0. The third kappa shape index (κ3) is 4.47. The Morgan fingerprint density at radius 1 is 0.969 bits per heavy atom. The fraction of sp³-hybridized carbons (Fsp3) is 0.308. The van der Waals surface area contributed by atoms with E-state index in [0.29, 0.717) is 12.0 Å². The van der Waals surface area contributed by atoms with Crippen LogP contribution in [-0.2, 0) is 0 Å². The van der Waals surface area contributed by atoms with E-state index in [9.17, 15) is 9.59 Å². The number of fused-ring (bicyclic) bond motifs is 2. The zero-order valence-electron chi connectivity index (χ0n) is 18.0. The van der Waals surface area contributed by atoms with Gasteiger partial charge in [-0.1, -0.05) is 18.2 Å². The highest BCUT2D eigenvalue weighted by molar-refractivity contribution is 7.17. The van der Waals surface area contributed by atoms with Gasteiger partial charge >= 0.3 is 0 Å². The number of hydrogen-bond acceptors (Lipinski definition) is 5. The predicted octanol–water partition coefficient (Wildman–Crippen LogP) is 4.92. The number of rotatable bonds is 7. The van der Waals surface area contributed by atoms with Gasteiger partial charge in [-0.2, -0.15) is 0 Å². The first kappa shape index (κ1) is 20.9. The molecule has 0 spiro atoms. The summed E-state index contributed by atoms with van der Waals surface area (Å²) in [6, 6.07) is 17.7. The molecule has 0 radical (unpaired) electrons. The molecule has 4 aromatic rings. The van der Waals surface area contributed by atoms with E-state index in [-0.39, 0.29) is 11.3 Å². The Kier molecular flexibility index (Phi) is 6.06. The maximum atomic E-state index is 12.6. The van der Waals surface area contributed by atoms with Gasteiger partial charge in [0.15, 0.2) is 5.78 Å². The Labute approximate surface area is 191 Å². The topological polar surface area (TPSA) is 56.4 Å². The highest BCUT2D eigenvalue weighted by Gasteiger charge is 2.18. The number of piperazine rings is 1. The normalized spacial score (nSPS) is 14.9. The van der Waals surface area contributed by atoms with Gasteiger partial charge in [-0.15, -0.1) is 11.3 Å². The summed E-state index contributed by atoms with van der Waals surface area (Å²) in [7, 11) is 0. The van der Waals surface area contributed by atoms with Crippen molar-refractivity contribution in [3.05, 3.63) is 75.9 Å². The fourth-order valence-corrected chi connectivity index (χ4v) is 5.36. The molecule has 1 aliphatic heterocycles. The van der Waals surface area contributed by atoms with Gasteiger partial charge in [0.1, 0.15) is 0 Å². The van der Waals surface area contributed by atoms with Crippen molar-refractivity contribution in [2.24, 2.45) is 0 Å². The first-order valence-electron chi connectivity index (χ1n) is 11.3. The molecule has 6 heteroatoms. The van der Waals surface area contributed by atoms with Crippen LogP contribution in [0.2, 0.25) is 0 Å². The van der Waals surface area contributed by atoms with E-state index in [2.05, 4.69) is 44.4 Å². The number of Topliss-reactive ketones (excluding diaryl/α,β-unsaturated/α-hetero) is 1. The largest absolute Gasteiger partial charge is 0.368 e. The Morgan fingerprint density at radius 2 is 1.81 bits per heavy atom. The van der Waals surface area contributed by atoms with Crippen LogP contribution in [0.1, 0.15) is 29.6 Å². The molecule has 2 aromatic heterocycles. The number of aromatic nitrogens is 1. The Bertz CT molecular complexity index is 1300. The molecule has 0 aliphatic carbocycles. The molecule has 32 heavy (non-hydrogen) atoms. The van der Waals surface area contributed by atoms with E-state index < -0.39 is 0 Å². The molecule has 1 saturated heterocycles. The van der Waals surface area contributed by atoms with Crippen molar-refractivity contribution in [1.82, 2.24) is 9.88 Å². The van der Waals surface area contributed by atoms with E-state index >= 15 is 0 Å². The number of benzene rings is 2. The van der Waals surface area contributed by atoms with Crippen molar-refractivity contribution in [2.45, 2.75) is 19.3 Å². The lowest BCUT2D eigenvalue weighted by Gasteiger charge is -2.36. The number of carbonyl (C=O) groups excluding carboxylic acids is 1. The number of anilines is 1. The molecule has 164 valence electrons. The molecule has 5 nitrogen and oxygen atoms in total. The van der Waals surface area contributed by atoms with Crippen molar-refractivity contribution in [1.29, 1.82) is 0 Å². The van der Waals surface area contributed by atoms with Gasteiger partial charge in [0.25, 0.3) is 0 Å². The molecule has 2 aromatic carbocycles. The van der Waals surface area contributed by atoms with Crippen LogP contribution in [0.5, 0.6) is 0 Å². The van der Waals surface area contributed by atoms with Crippen LogP contribution >= 0.6 is 11.3 Å². The number of nitrogens with one attached hydrogen (secondary N) is 1. The summed E-state index contributed by atoms with van der Waals surface area (Å²) in [6.45, 7) is 5.25. The highest BCUT2D eigenvalue weighted by atomic mass is 32.1. The van der Waals surface area contributed by atoms with E-state index in [4.69, 9.17) is 0 Å². The Hall–Kier alpha value is -2.96. The number of hydrogen-bond donors (Lipinski definition) is 1. The van der Waals surface area contributed by atoms with Crippen LogP contribution in [0.25, 0.3) is 21.0 Å². The number of thiophene rings is 1. The summed E-state index contributed by atoms with van der Waals surface area (Å²) in [5.41, 5.74) is 2.61. The summed E-state index contributed by atoms with van der Waals surface area (Å²) in [5, 5.41) is 4.47. The first-order chi connectivity index (χ1) is 15.7. The summed E-state index contributed by atoms with van der Waals surface area (Å²) in [5.74, 6) is 0.144. The third-order valence-corrected chi connectivity index (χ3v) is 7.24. The summed E-state index contributed by atoms with van der Waals surface area (Å²) >= 11 is 1.80. The minimum atomic E-state index is -0.144. The molecule has 5 rings (SSSR count). The van der Waals surface area contributed by atoms with E-state index in [1.54, 1.807) is 23.5 Å². The minimum absolute atomic E-state index is 0.144. The Morgan fingerprint density at radius 3 is 2.69 bits per heavy atom. The second-order valence-corrected chi connectivity index (χ2v) is 9.39. The van der Waals surface area contributed by atoms with Crippen LogP contribution in [0.15, 0.2) is 64.8 Å². The fourth-order valence-electron chi connectivity index (χ4n) is 4.55. The van der Waals surface area contributed by atoms with E-state index in [0.717, 1.165) is 56.5 Å². The molecule has 0 atom stereocenters. The quantitative estimate of drug-likeness (QED) is 0.324. The van der Waals surface area contributed by atoms with Gasteiger partial charge in [-0.3, -0.25) is 14.5 Å². The molecular weight excluding hydrogens is 418 g/mol. The summed E-state index contributed by atoms with van der Waals surface area (Å²) < 4.78 is 1.35. The number of nitrogens with zero attached hydrogens (tertiary/aromatic N) is 2. The van der Waals surface area contributed by atoms with Crippen molar-refractivity contribution in [3.63, 3.8) is 0 Å². The zero-order chi connectivity index (χ0) is 21.9. The van der Waals surface area contributed by atoms with Crippen LogP contribution in [0.3, 0.4) is 0 Å². The number of carbonyl (C=O) groups is 1. The number of H-pyrrole nitrogens is 1. The third-order valence-electron chi connectivity index (χ3n) is 6.36. The smallest absolute Gasteiger partial charge is 0.248 e. The number of pyridine rings is 1. The van der Waals surface area contributed by atoms with Crippen LogP contribution < -0.4 is 10.5 Å². The van der Waals surface area contributed by atoms with Crippen molar-refractivity contribution < 1.29 is 4.79 Å². The molecule has 0 saturated carbocycles. The lowest BCUT2D eigenvalue weighted by molar-refractivity contribution is 0.0978. The lowest BCUT2D eigenvalue weighted by Crippen LogP contribution is -2.46. The molecule has 3 heterocycles. The van der Waals surface area contributed by atoms with Crippen molar-refractivity contribution in [2.75, 3.05) is 37.6 Å². The molecule has 1 aliphatic rings. The van der Waals surface area contributed by atoms with Gasteiger partial charge in [-0.25, -0.2) is 0 Å². The summed E-state index contributed by atoms with van der Waals surface area (Å²) in [6.07, 6.45) is 2.45. The average Bonchev–Trinajstić information content (AvgIpc) is 3.31. The molecular formula is C26H27N3O2S. The second kappa shape index (κ2) is 9.27. The molecule has 1 fully saturated rings. The van der Waals surface area contributed by atoms with Crippen LogP contribution in [0.4, 0.5) is 5.69 Å². The molecule has 1 N–H and O–H groups in total.